The van der Waals surface area contributed by atoms with E-state index in [0.717, 1.165) is 6.54 Å². The summed E-state index contributed by atoms with van der Waals surface area (Å²) in [7, 11) is 0. The summed E-state index contributed by atoms with van der Waals surface area (Å²) < 4.78 is 6.00. The summed E-state index contributed by atoms with van der Waals surface area (Å²) in [4.78, 5) is 2.73. The molecule has 3 heteroatoms. The normalized spacial score (nSPS) is 34.0. The molecule has 20 heavy (non-hydrogen) atoms. The van der Waals surface area contributed by atoms with Gasteiger partial charge in [0.15, 0.2) is 0 Å². The lowest BCUT2D eigenvalue weighted by Crippen LogP contribution is -2.50. The van der Waals surface area contributed by atoms with Crippen LogP contribution in [0.25, 0.3) is 0 Å². The van der Waals surface area contributed by atoms with Crippen LogP contribution in [-0.2, 0) is 4.74 Å². The first-order chi connectivity index (χ1) is 9.80. The highest BCUT2D eigenvalue weighted by molar-refractivity contribution is 4.91. The predicted molar refractivity (Wildman–Crippen MR) is 83.0 cm³/mol. The topological polar surface area (TPSA) is 24.5 Å². The number of rotatable bonds is 5. The molecule has 0 aromatic rings. The highest BCUT2D eigenvalue weighted by Crippen LogP contribution is 2.37. The number of hydrogen-bond acceptors (Lipinski definition) is 3. The molecule has 1 N–H and O–H groups in total. The number of ether oxygens (including phenoxy) is 1. The zero-order chi connectivity index (χ0) is 13.8. The van der Waals surface area contributed by atoms with Crippen molar-refractivity contribution in [3.8, 4) is 0 Å². The van der Waals surface area contributed by atoms with Crippen molar-refractivity contribution < 1.29 is 4.74 Å². The molecule has 116 valence electrons. The quantitative estimate of drug-likeness (QED) is 0.784. The van der Waals surface area contributed by atoms with E-state index in [4.69, 9.17) is 4.74 Å². The second-order valence-corrected chi connectivity index (χ2v) is 7.35. The van der Waals surface area contributed by atoms with Gasteiger partial charge in [0.05, 0.1) is 12.2 Å². The van der Waals surface area contributed by atoms with Crippen molar-refractivity contribution in [1.29, 1.82) is 0 Å². The van der Waals surface area contributed by atoms with Gasteiger partial charge in [-0.2, -0.15) is 0 Å². The first kappa shape index (κ1) is 14.8. The average Bonchev–Trinajstić information content (AvgIpc) is 2.65. The summed E-state index contributed by atoms with van der Waals surface area (Å²) in [5.41, 5.74) is 0.531. The molecule has 0 aromatic carbocycles. The second kappa shape index (κ2) is 6.76. The Morgan fingerprint density at radius 1 is 1.05 bits per heavy atom. The molecule has 2 aliphatic heterocycles. The lowest BCUT2D eigenvalue weighted by atomic mass is 9.79. The van der Waals surface area contributed by atoms with Gasteiger partial charge in [0.2, 0.25) is 0 Å². The zero-order valence-corrected chi connectivity index (χ0v) is 13.2. The lowest BCUT2D eigenvalue weighted by molar-refractivity contribution is -0.0520. The third kappa shape index (κ3) is 3.55. The summed E-state index contributed by atoms with van der Waals surface area (Å²) in [6, 6.07) is 0. The summed E-state index contributed by atoms with van der Waals surface area (Å²) in [5.74, 6) is 0. The van der Waals surface area contributed by atoms with Gasteiger partial charge in [0.25, 0.3) is 0 Å². The van der Waals surface area contributed by atoms with Crippen molar-refractivity contribution >= 4 is 0 Å². The molecular formula is C17H32N2O. The molecule has 2 heterocycles. The molecule has 2 unspecified atom stereocenters. The molecule has 2 bridgehead atoms. The van der Waals surface area contributed by atoms with Crippen molar-refractivity contribution in [3.05, 3.63) is 0 Å². The summed E-state index contributed by atoms with van der Waals surface area (Å²) >= 11 is 0. The van der Waals surface area contributed by atoms with Crippen molar-refractivity contribution in [1.82, 2.24) is 10.2 Å². The number of nitrogens with one attached hydrogen (secondary N) is 1. The summed E-state index contributed by atoms with van der Waals surface area (Å²) in [5, 5.41) is 3.66. The molecule has 1 aliphatic carbocycles. The van der Waals surface area contributed by atoms with Crippen LogP contribution in [0, 0.1) is 5.41 Å². The first-order valence-corrected chi connectivity index (χ1v) is 8.88. The van der Waals surface area contributed by atoms with Gasteiger partial charge in [0.1, 0.15) is 0 Å². The van der Waals surface area contributed by atoms with Crippen molar-refractivity contribution in [3.63, 3.8) is 0 Å². The van der Waals surface area contributed by atoms with Crippen LogP contribution in [0.2, 0.25) is 0 Å². The Labute approximate surface area is 124 Å². The molecule has 3 fully saturated rings. The summed E-state index contributed by atoms with van der Waals surface area (Å²) in [6.07, 6.45) is 12.3. The number of nitrogens with zero attached hydrogens (tertiary/aromatic N) is 1. The largest absolute Gasteiger partial charge is 0.372 e. The van der Waals surface area contributed by atoms with Gasteiger partial charge in [-0.1, -0.05) is 32.6 Å². The molecule has 0 aromatic heterocycles. The molecule has 2 atom stereocenters. The standard InChI is InChI=1S/C17H32N2O/c1-2-18-13-17(9-5-3-4-6-10-17)14-19-11-15-7-8-16(12-19)20-15/h15-16,18H,2-14H2,1H3. The Bertz CT molecular complexity index is 287. The second-order valence-electron chi connectivity index (χ2n) is 7.35. The molecular weight excluding hydrogens is 248 g/mol. The molecule has 0 spiro atoms. The lowest BCUT2D eigenvalue weighted by Gasteiger charge is -2.41. The van der Waals surface area contributed by atoms with Crippen LogP contribution in [0.5, 0.6) is 0 Å². The Hall–Kier alpha value is -0.120. The van der Waals surface area contributed by atoms with Crippen molar-refractivity contribution in [2.75, 3.05) is 32.7 Å². The van der Waals surface area contributed by atoms with Gasteiger partial charge in [-0.05, 0) is 37.6 Å². The number of fused-ring (bicyclic) bond motifs is 2. The molecule has 0 amide bonds. The van der Waals surface area contributed by atoms with E-state index in [-0.39, 0.29) is 0 Å². The fraction of sp³-hybridized carbons (Fsp3) is 1.00. The maximum atomic E-state index is 6.00. The number of morpholine rings is 1. The average molecular weight is 280 g/mol. The molecule has 0 radical (unpaired) electrons. The highest BCUT2D eigenvalue weighted by Gasteiger charge is 2.38. The fourth-order valence-corrected chi connectivity index (χ4v) is 4.56. The van der Waals surface area contributed by atoms with Crippen molar-refractivity contribution in [2.45, 2.75) is 70.5 Å². The minimum absolute atomic E-state index is 0.531. The van der Waals surface area contributed by atoms with Crippen LogP contribution in [0.3, 0.4) is 0 Å². The maximum Gasteiger partial charge on any atom is 0.0707 e. The number of likely N-dealkylation sites (tertiary alicyclic amines) is 1. The van der Waals surface area contributed by atoms with Gasteiger partial charge in [-0.15, -0.1) is 0 Å². The number of hydrogen-bond donors (Lipinski definition) is 1. The first-order valence-electron chi connectivity index (χ1n) is 8.88. The maximum absolute atomic E-state index is 6.00. The van der Waals surface area contributed by atoms with Gasteiger partial charge in [0, 0.05) is 26.2 Å². The zero-order valence-electron chi connectivity index (χ0n) is 13.2. The van der Waals surface area contributed by atoms with Crippen LogP contribution in [0.1, 0.15) is 58.3 Å². The molecule has 1 saturated carbocycles. The van der Waals surface area contributed by atoms with Crippen LogP contribution in [0.4, 0.5) is 0 Å². The monoisotopic (exact) mass is 280 g/mol. The minimum atomic E-state index is 0.531. The van der Waals surface area contributed by atoms with Crippen LogP contribution in [-0.4, -0.2) is 49.8 Å². The van der Waals surface area contributed by atoms with E-state index in [9.17, 15) is 0 Å². The van der Waals surface area contributed by atoms with Crippen LogP contribution >= 0.6 is 0 Å². The van der Waals surface area contributed by atoms with Crippen LogP contribution < -0.4 is 5.32 Å². The van der Waals surface area contributed by atoms with E-state index in [0.29, 0.717) is 17.6 Å². The van der Waals surface area contributed by atoms with Gasteiger partial charge in [-0.25, -0.2) is 0 Å². The van der Waals surface area contributed by atoms with Gasteiger partial charge < -0.3 is 10.1 Å². The van der Waals surface area contributed by atoms with E-state index < -0.39 is 0 Å². The molecule has 3 rings (SSSR count). The molecule has 2 saturated heterocycles. The summed E-state index contributed by atoms with van der Waals surface area (Å²) in [6.45, 7) is 8.23. The molecule has 3 nitrogen and oxygen atoms in total. The Balaban J connectivity index is 1.62. The Morgan fingerprint density at radius 3 is 2.30 bits per heavy atom. The van der Waals surface area contributed by atoms with Crippen molar-refractivity contribution in [2.24, 2.45) is 5.41 Å². The SMILES string of the molecule is CCNCC1(CN2CC3CCC(C2)O3)CCCCCC1. The Morgan fingerprint density at radius 2 is 1.70 bits per heavy atom. The third-order valence-electron chi connectivity index (χ3n) is 5.59. The third-order valence-corrected chi connectivity index (χ3v) is 5.59. The van der Waals surface area contributed by atoms with Gasteiger partial charge >= 0.3 is 0 Å². The van der Waals surface area contributed by atoms with E-state index in [1.165, 1.54) is 77.5 Å². The van der Waals surface area contributed by atoms with E-state index >= 15 is 0 Å². The van der Waals surface area contributed by atoms with E-state index in [1.54, 1.807) is 0 Å². The van der Waals surface area contributed by atoms with Gasteiger partial charge in [-0.3, -0.25) is 4.90 Å². The van der Waals surface area contributed by atoms with Crippen LogP contribution in [0.15, 0.2) is 0 Å². The smallest absolute Gasteiger partial charge is 0.0707 e. The molecule has 3 aliphatic rings. The Kier molecular flexibility index (Phi) is 5.00. The minimum Gasteiger partial charge on any atom is -0.372 e. The van der Waals surface area contributed by atoms with E-state index in [2.05, 4.69) is 17.1 Å². The highest BCUT2D eigenvalue weighted by atomic mass is 16.5. The fourth-order valence-electron chi connectivity index (χ4n) is 4.56. The predicted octanol–water partition coefficient (Wildman–Crippen LogP) is 2.80. The van der Waals surface area contributed by atoms with E-state index in [1.807, 2.05) is 0 Å².